The maximum Gasteiger partial charge on any atom is 0.239 e. The zero-order valence-electron chi connectivity index (χ0n) is 12.5. The van der Waals surface area contributed by atoms with Gasteiger partial charge in [-0.2, -0.15) is 0 Å². The average Bonchev–Trinajstić information content (AvgIpc) is 2.45. The highest BCUT2D eigenvalue weighted by molar-refractivity contribution is 5.81. The molecule has 0 radical (unpaired) electrons. The van der Waals surface area contributed by atoms with Crippen molar-refractivity contribution >= 4 is 5.91 Å². The molecule has 2 N–H and O–H groups in total. The van der Waals surface area contributed by atoms with Gasteiger partial charge < -0.3 is 10.6 Å². The van der Waals surface area contributed by atoms with E-state index in [1.807, 2.05) is 14.0 Å². The Morgan fingerprint density at radius 3 is 2.21 bits per heavy atom. The Morgan fingerprint density at radius 1 is 1.21 bits per heavy atom. The van der Waals surface area contributed by atoms with E-state index in [1.54, 1.807) is 4.90 Å². The summed E-state index contributed by atoms with van der Waals surface area (Å²) < 4.78 is 0. The van der Waals surface area contributed by atoms with Gasteiger partial charge >= 0.3 is 0 Å². The van der Waals surface area contributed by atoms with Gasteiger partial charge in [-0.1, -0.05) is 51.5 Å². The highest BCUT2D eigenvalue weighted by Crippen LogP contribution is 2.11. The first-order valence-electron chi connectivity index (χ1n) is 7.07. The quantitative estimate of drug-likeness (QED) is 0.856. The SMILES string of the molecule is CCc1ccc(CN(C)C(=O)C(N)C(C)CC)cc1. The van der Waals surface area contributed by atoms with Crippen LogP contribution in [0.25, 0.3) is 0 Å². The highest BCUT2D eigenvalue weighted by Gasteiger charge is 2.22. The van der Waals surface area contributed by atoms with Gasteiger partial charge in [-0.05, 0) is 23.5 Å². The van der Waals surface area contributed by atoms with E-state index in [9.17, 15) is 4.79 Å². The number of likely N-dealkylation sites (N-methyl/N-ethyl adjacent to an activating group) is 1. The van der Waals surface area contributed by atoms with Gasteiger partial charge in [0.1, 0.15) is 0 Å². The van der Waals surface area contributed by atoms with Crippen LogP contribution in [-0.4, -0.2) is 23.9 Å². The van der Waals surface area contributed by atoms with Crippen LogP contribution in [0.4, 0.5) is 0 Å². The van der Waals surface area contributed by atoms with E-state index < -0.39 is 6.04 Å². The number of hydrogen-bond donors (Lipinski definition) is 1. The molecule has 2 atom stereocenters. The Hall–Kier alpha value is -1.35. The van der Waals surface area contributed by atoms with Gasteiger partial charge in [0.2, 0.25) is 5.91 Å². The molecule has 19 heavy (non-hydrogen) atoms. The number of carbonyl (C=O) groups is 1. The summed E-state index contributed by atoms with van der Waals surface area (Å²) in [5, 5.41) is 0. The van der Waals surface area contributed by atoms with E-state index in [4.69, 9.17) is 5.73 Å². The molecule has 0 aliphatic heterocycles. The van der Waals surface area contributed by atoms with Crippen LogP contribution in [0.5, 0.6) is 0 Å². The summed E-state index contributed by atoms with van der Waals surface area (Å²) in [5.41, 5.74) is 8.44. The number of benzene rings is 1. The Balaban J connectivity index is 2.62. The van der Waals surface area contributed by atoms with Crippen molar-refractivity contribution in [2.24, 2.45) is 11.7 Å². The van der Waals surface area contributed by atoms with Crippen LogP contribution in [0, 0.1) is 5.92 Å². The van der Waals surface area contributed by atoms with E-state index >= 15 is 0 Å². The predicted molar refractivity (Wildman–Crippen MR) is 79.7 cm³/mol. The Bertz CT molecular complexity index is 400. The second kappa shape index (κ2) is 7.29. The summed E-state index contributed by atoms with van der Waals surface area (Å²) >= 11 is 0. The van der Waals surface area contributed by atoms with Gasteiger partial charge in [-0.3, -0.25) is 4.79 Å². The van der Waals surface area contributed by atoms with Gasteiger partial charge in [-0.15, -0.1) is 0 Å². The summed E-state index contributed by atoms with van der Waals surface area (Å²) in [4.78, 5) is 13.9. The minimum atomic E-state index is -0.398. The standard InChI is InChI=1S/C16H26N2O/c1-5-12(3)15(17)16(19)18(4)11-14-9-7-13(6-2)8-10-14/h7-10,12,15H,5-6,11,17H2,1-4H3. The maximum absolute atomic E-state index is 12.2. The summed E-state index contributed by atoms with van der Waals surface area (Å²) in [6, 6.07) is 7.99. The Labute approximate surface area is 116 Å². The molecule has 1 aromatic rings. The second-order valence-corrected chi connectivity index (χ2v) is 5.28. The van der Waals surface area contributed by atoms with Crippen molar-refractivity contribution in [2.75, 3.05) is 7.05 Å². The number of nitrogens with zero attached hydrogens (tertiary/aromatic N) is 1. The summed E-state index contributed by atoms with van der Waals surface area (Å²) in [6.07, 6.45) is 1.96. The fraction of sp³-hybridized carbons (Fsp3) is 0.562. The smallest absolute Gasteiger partial charge is 0.239 e. The molecule has 3 nitrogen and oxygen atoms in total. The van der Waals surface area contributed by atoms with Crippen LogP contribution in [0.3, 0.4) is 0 Å². The zero-order valence-corrected chi connectivity index (χ0v) is 12.5. The first-order chi connectivity index (χ1) is 8.99. The molecule has 0 saturated carbocycles. The third-order valence-corrected chi connectivity index (χ3v) is 3.77. The average molecular weight is 262 g/mol. The van der Waals surface area contributed by atoms with Gasteiger partial charge in [0.25, 0.3) is 0 Å². The topological polar surface area (TPSA) is 46.3 Å². The van der Waals surface area contributed by atoms with Crippen molar-refractivity contribution in [3.63, 3.8) is 0 Å². The molecule has 0 heterocycles. The lowest BCUT2D eigenvalue weighted by molar-refractivity contribution is -0.132. The molecule has 106 valence electrons. The van der Waals surface area contributed by atoms with Crippen LogP contribution in [0.15, 0.2) is 24.3 Å². The van der Waals surface area contributed by atoms with E-state index in [-0.39, 0.29) is 11.8 Å². The fourth-order valence-corrected chi connectivity index (χ4v) is 1.98. The Morgan fingerprint density at radius 2 is 1.74 bits per heavy atom. The monoisotopic (exact) mass is 262 g/mol. The predicted octanol–water partition coefficient (Wildman–Crippen LogP) is 2.58. The number of carbonyl (C=O) groups excluding carboxylic acids is 1. The molecule has 2 unspecified atom stereocenters. The molecule has 0 saturated heterocycles. The molecule has 0 aliphatic rings. The first-order valence-corrected chi connectivity index (χ1v) is 7.07. The highest BCUT2D eigenvalue weighted by atomic mass is 16.2. The minimum Gasteiger partial charge on any atom is -0.340 e. The fourth-order valence-electron chi connectivity index (χ4n) is 1.98. The summed E-state index contributed by atoms with van der Waals surface area (Å²) in [6.45, 7) is 6.83. The van der Waals surface area contributed by atoms with Crippen molar-refractivity contribution in [2.45, 2.75) is 46.2 Å². The normalized spacial score (nSPS) is 13.9. The van der Waals surface area contributed by atoms with Crippen LogP contribution in [0.2, 0.25) is 0 Å². The van der Waals surface area contributed by atoms with E-state index in [2.05, 4.69) is 38.1 Å². The van der Waals surface area contributed by atoms with Crippen LogP contribution in [-0.2, 0) is 17.8 Å². The molecular weight excluding hydrogens is 236 g/mol. The molecule has 1 aromatic carbocycles. The lowest BCUT2D eigenvalue weighted by atomic mass is 9.99. The number of nitrogens with two attached hydrogens (primary N) is 1. The van der Waals surface area contributed by atoms with E-state index in [0.717, 1.165) is 18.4 Å². The van der Waals surface area contributed by atoms with Crippen LogP contribution < -0.4 is 5.73 Å². The molecule has 0 aliphatic carbocycles. The first kappa shape index (κ1) is 15.7. The molecule has 3 heteroatoms. The molecule has 0 spiro atoms. The molecule has 1 rings (SSSR count). The summed E-state index contributed by atoms with van der Waals surface area (Å²) in [5.74, 6) is 0.242. The lowest BCUT2D eigenvalue weighted by Crippen LogP contribution is -2.45. The van der Waals surface area contributed by atoms with Crippen LogP contribution >= 0.6 is 0 Å². The molecular formula is C16H26N2O. The van der Waals surface area contributed by atoms with Crippen molar-refractivity contribution in [1.29, 1.82) is 0 Å². The number of rotatable bonds is 6. The van der Waals surface area contributed by atoms with Crippen LogP contribution in [0.1, 0.15) is 38.3 Å². The zero-order chi connectivity index (χ0) is 14.4. The second-order valence-electron chi connectivity index (χ2n) is 5.28. The number of aryl methyl sites for hydroxylation is 1. The van der Waals surface area contributed by atoms with Crippen molar-refractivity contribution in [1.82, 2.24) is 4.90 Å². The third-order valence-electron chi connectivity index (χ3n) is 3.77. The van der Waals surface area contributed by atoms with Crippen molar-refractivity contribution in [3.05, 3.63) is 35.4 Å². The molecule has 0 fully saturated rings. The van der Waals surface area contributed by atoms with Crippen molar-refractivity contribution in [3.8, 4) is 0 Å². The van der Waals surface area contributed by atoms with Gasteiger partial charge in [0.05, 0.1) is 6.04 Å². The molecule has 0 aromatic heterocycles. The Kier molecular flexibility index (Phi) is 6.03. The largest absolute Gasteiger partial charge is 0.340 e. The number of hydrogen-bond acceptors (Lipinski definition) is 2. The number of amides is 1. The van der Waals surface area contributed by atoms with Gasteiger partial charge in [-0.25, -0.2) is 0 Å². The van der Waals surface area contributed by atoms with Gasteiger partial charge in [0, 0.05) is 13.6 Å². The minimum absolute atomic E-state index is 0.0221. The lowest BCUT2D eigenvalue weighted by Gasteiger charge is -2.24. The van der Waals surface area contributed by atoms with E-state index in [0.29, 0.717) is 6.54 Å². The summed E-state index contributed by atoms with van der Waals surface area (Å²) in [7, 11) is 1.82. The molecule has 1 amide bonds. The third kappa shape index (κ3) is 4.35. The van der Waals surface area contributed by atoms with E-state index in [1.165, 1.54) is 5.56 Å². The van der Waals surface area contributed by atoms with Gasteiger partial charge in [0.15, 0.2) is 0 Å². The van der Waals surface area contributed by atoms with Crippen molar-refractivity contribution < 1.29 is 4.79 Å². The maximum atomic E-state index is 12.2. The molecule has 0 bridgehead atoms.